The standard InChI is InChI=1S/C25H28N8O2S/c1-4-20-24-30-29-16(2)32(24)21-15-27-25(28-23(21)33(20)18-7-5-6-8-18)31-14-13-26-22(31)17-9-11-19(12-10-17)36(3,34)35/h9-15,18,20H,4-8H2,1-3H3/t20-/m1/s1. The van der Waals surface area contributed by atoms with Crippen molar-refractivity contribution in [1.29, 1.82) is 0 Å². The van der Waals surface area contributed by atoms with E-state index in [1.165, 1.54) is 19.1 Å². The second-order valence-electron chi connectivity index (χ2n) is 9.51. The Labute approximate surface area is 210 Å². The lowest BCUT2D eigenvalue weighted by atomic mass is 10.0. The summed E-state index contributed by atoms with van der Waals surface area (Å²) >= 11 is 0. The summed E-state index contributed by atoms with van der Waals surface area (Å²) < 4.78 is 27.7. The largest absolute Gasteiger partial charge is 0.341 e. The van der Waals surface area contributed by atoms with E-state index in [1.54, 1.807) is 30.5 Å². The van der Waals surface area contributed by atoms with Crippen molar-refractivity contribution in [3.05, 3.63) is 54.5 Å². The van der Waals surface area contributed by atoms with E-state index < -0.39 is 9.84 Å². The molecule has 1 aliphatic heterocycles. The van der Waals surface area contributed by atoms with Crippen molar-refractivity contribution >= 4 is 15.7 Å². The van der Waals surface area contributed by atoms with Crippen LogP contribution in [0.15, 0.2) is 47.8 Å². The molecule has 4 aromatic rings. The van der Waals surface area contributed by atoms with Crippen LogP contribution in [0.4, 0.5) is 5.82 Å². The SMILES string of the molecule is CC[C@@H]1c2nnc(C)n2-c2cnc(-n3ccnc3-c3ccc(S(C)(=O)=O)cc3)nc2N1C1CCCC1. The lowest BCUT2D eigenvalue weighted by molar-refractivity contribution is 0.467. The number of aryl methyl sites for hydroxylation is 1. The average Bonchev–Trinajstić information content (AvgIpc) is 3.64. The van der Waals surface area contributed by atoms with Crippen LogP contribution in [0, 0.1) is 6.92 Å². The number of aromatic nitrogens is 7. The molecule has 1 saturated carbocycles. The van der Waals surface area contributed by atoms with Crippen LogP contribution in [-0.4, -0.2) is 55.0 Å². The molecular formula is C25H28N8O2S. The summed E-state index contributed by atoms with van der Waals surface area (Å²) in [5, 5.41) is 8.92. The molecule has 186 valence electrons. The van der Waals surface area contributed by atoms with E-state index in [9.17, 15) is 8.42 Å². The molecule has 0 radical (unpaired) electrons. The zero-order valence-electron chi connectivity index (χ0n) is 20.5. The van der Waals surface area contributed by atoms with Gasteiger partial charge in [0, 0.05) is 30.3 Å². The van der Waals surface area contributed by atoms with Gasteiger partial charge in [-0.3, -0.25) is 9.13 Å². The highest BCUT2D eigenvalue weighted by molar-refractivity contribution is 7.90. The first-order valence-corrected chi connectivity index (χ1v) is 14.2. The number of benzene rings is 1. The molecule has 4 heterocycles. The van der Waals surface area contributed by atoms with Crippen LogP contribution < -0.4 is 4.90 Å². The van der Waals surface area contributed by atoms with Gasteiger partial charge in [-0.05, 0) is 50.5 Å². The molecule has 1 aliphatic carbocycles. The smallest absolute Gasteiger partial charge is 0.237 e. The van der Waals surface area contributed by atoms with Crippen molar-refractivity contribution in [1.82, 2.24) is 34.3 Å². The minimum absolute atomic E-state index is 0.0929. The van der Waals surface area contributed by atoms with E-state index in [1.807, 2.05) is 23.9 Å². The van der Waals surface area contributed by atoms with Crippen LogP contribution in [0.5, 0.6) is 0 Å². The van der Waals surface area contributed by atoms with Gasteiger partial charge in [0.15, 0.2) is 21.5 Å². The van der Waals surface area contributed by atoms with Gasteiger partial charge in [0.05, 0.1) is 17.1 Å². The van der Waals surface area contributed by atoms with E-state index in [4.69, 9.17) is 9.97 Å². The van der Waals surface area contributed by atoms with E-state index in [0.717, 1.165) is 48.0 Å². The van der Waals surface area contributed by atoms with Gasteiger partial charge < -0.3 is 4.90 Å². The van der Waals surface area contributed by atoms with Crippen molar-refractivity contribution in [2.45, 2.75) is 62.9 Å². The Morgan fingerprint density at radius 1 is 1.06 bits per heavy atom. The molecule has 0 N–H and O–H groups in total. The molecule has 0 saturated heterocycles. The quantitative estimate of drug-likeness (QED) is 0.403. The molecule has 3 aromatic heterocycles. The first-order chi connectivity index (χ1) is 17.4. The zero-order chi connectivity index (χ0) is 25.0. The summed E-state index contributed by atoms with van der Waals surface area (Å²) in [6.07, 6.45) is 12.2. The van der Waals surface area contributed by atoms with Crippen molar-refractivity contribution in [3.8, 4) is 23.0 Å². The minimum atomic E-state index is -3.28. The third-order valence-electron chi connectivity index (χ3n) is 7.21. The zero-order valence-corrected chi connectivity index (χ0v) is 21.4. The fraction of sp³-hybridized carbons (Fsp3) is 0.400. The summed E-state index contributed by atoms with van der Waals surface area (Å²) in [6, 6.07) is 7.21. The molecule has 1 atom stereocenters. The number of sulfone groups is 1. The molecule has 10 nitrogen and oxygen atoms in total. The second-order valence-corrected chi connectivity index (χ2v) is 11.5. The molecule has 6 rings (SSSR count). The first-order valence-electron chi connectivity index (χ1n) is 12.3. The fourth-order valence-electron chi connectivity index (χ4n) is 5.50. The van der Waals surface area contributed by atoms with Gasteiger partial charge in [-0.25, -0.2) is 18.4 Å². The van der Waals surface area contributed by atoms with Gasteiger partial charge in [0.25, 0.3) is 0 Å². The maximum Gasteiger partial charge on any atom is 0.237 e. The Hall–Kier alpha value is -3.60. The summed E-state index contributed by atoms with van der Waals surface area (Å²) in [5.74, 6) is 3.81. The molecule has 1 aromatic carbocycles. The van der Waals surface area contributed by atoms with Gasteiger partial charge in [0.2, 0.25) is 5.95 Å². The Bertz CT molecular complexity index is 1530. The van der Waals surface area contributed by atoms with Crippen molar-refractivity contribution in [2.24, 2.45) is 0 Å². The molecular weight excluding hydrogens is 476 g/mol. The molecule has 0 amide bonds. The molecule has 0 bridgehead atoms. The molecule has 0 unspecified atom stereocenters. The fourth-order valence-corrected chi connectivity index (χ4v) is 6.13. The molecule has 36 heavy (non-hydrogen) atoms. The first kappa shape index (κ1) is 22.8. The highest BCUT2D eigenvalue weighted by atomic mass is 32.2. The van der Waals surface area contributed by atoms with Crippen molar-refractivity contribution < 1.29 is 8.42 Å². The number of imidazole rings is 1. The summed E-state index contributed by atoms with van der Waals surface area (Å²) in [5.41, 5.74) is 1.68. The van der Waals surface area contributed by atoms with E-state index in [2.05, 4.69) is 31.6 Å². The summed E-state index contributed by atoms with van der Waals surface area (Å²) in [4.78, 5) is 17.1. The Kier molecular flexibility index (Phi) is 5.40. The van der Waals surface area contributed by atoms with Gasteiger partial charge in [-0.2, -0.15) is 4.98 Å². The Morgan fingerprint density at radius 2 is 1.81 bits per heavy atom. The van der Waals surface area contributed by atoms with Crippen LogP contribution in [0.2, 0.25) is 0 Å². The lowest BCUT2D eigenvalue weighted by Gasteiger charge is -2.41. The number of hydrogen-bond donors (Lipinski definition) is 0. The predicted molar refractivity (Wildman–Crippen MR) is 135 cm³/mol. The number of anilines is 1. The van der Waals surface area contributed by atoms with Gasteiger partial charge >= 0.3 is 0 Å². The number of fused-ring (bicyclic) bond motifs is 3. The maximum absolute atomic E-state index is 11.9. The predicted octanol–water partition coefficient (Wildman–Crippen LogP) is 3.84. The van der Waals surface area contributed by atoms with E-state index in [-0.39, 0.29) is 10.9 Å². The molecule has 2 aliphatic rings. The van der Waals surface area contributed by atoms with Gasteiger partial charge in [-0.15, -0.1) is 10.2 Å². The molecule has 1 fully saturated rings. The van der Waals surface area contributed by atoms with Crippen LogP contribution >= 0.6 is 0 Å². The highest BCUT2D eigenvalue weighted by Crippen LogP contribution is 2.43. The number of nitrogens with zero attached hydrogens (tertiary/aromatic N) is 8. The topological polar surface area (TPSA) is 112 Å². The van der Waals surface area contributed by atoms with E-state index >= 15 is 0 Å². The van der Waals surface area contributed by atoms with Crippen molar-refractivity contribution in [2.75, 3.05) is 11.2 Å². The third-order valence-corrected chi connectivity index (χ3v) is 8.34. The number of hydrogen-bond acceptors (Lipinski definition) is 8. The maximum atomic E-state index is 11.9. The van der Waals surface area contributed by atoms with Crippen LogP contribution in [0.1, 0.15) is 56.7 Å². The molecule has 11 heteroatoms. The summed E-state index contributed by atoms with van der Waals surface area (Å²) in [7, 11) is -3.28. The van der Waals surface area contributed by atoms with Crippen LogP contribution in [-0.2, 0) is 9.84 Å². The minimum Gasteiger partial charge on any atom is -0.341 e. The summed E-state index contributed by atoms with van der Waals surface area (Å²) in [6.45, 7) is 4.14. The van der Waals surface area contributed by atoms with Gasteiger partial charge in [-0.1, -0.05) is 19.8 Å². The second kappa shape index (κ2) is 8.51. The van der Waals surface area contributed by atoms with Gasteiger partial charge in [0.1, 0.15) is 17.3 Å². The monoisotopic (exact) mass is 504 g/mol. The lowest BCUT2D eigenvalue weighted by Crippen LogP contribution is -2.42. The normalized spacial score (nSPS) is 17.9. The van der Waals surface area contributed by atoms with Crippen molar-refractivity contribution in [3.63, 3.8) is 0 Å². The third kappa shape index (κ3) is 3.60. The van der Waals surface area contributed by atoms with E-state index in [0.29, 0.717) is 17.8 Å². The van der Waals surface area contributed by atoms with Crippen LogP contribution in [0.25, 0.3) is 23.0 Å². The Balaban J connectivity index is 1.48. The average molecular weight is 505 g/mol. The molecule has 0 spiro atoms. The number of rotatable bonds is 5. The Morgan fingerprint density at radius 3 is 2.50 bits per heavy atom. The highest BCUT2D eigenvalue weighted by Gasteiger charge is 2.39. The van der Waals surface area contributed by atoms with Crippen LogP contribution in [0.3, 0.4) is 0 Å².